The smallest absolute Gasteiger partial charge is 0.242 e. The third-order valence-electron chi connectivity index (χ3n) is 5.22. The van der Waals surface area contributed by atoms with Gasteiger partial charge < -0.3 is 16.0 Å². The molecule has 0 fully saturated rings. The minimum absolute atomic E-state index is 0.206. The van der Waals surface area contributed by atoms with Crippen LogP contribution >= 0.6 is 0 Å². The maximum Gasteiger partial charge on any atom is 0.242 e. The Labute approximate surface area is 171 Å². The Morgan fingerprint density at radius 3 is 2.24 bits per heavy atom. The fraction of sp³-hybridized carbons (Fsp3) is 0.250. The van der Waals surface area contributed by atoms with E-state index in [1.807, 2.05) is 60.7 Å². The van der Waals surface area contributed by atoms with E-state index in [-0.39, 0.29) is 11.8 Å². The van der Waals surface area contributed by atoms with Crippen LogP contribution in [0.1, 0.15) is 11.1 Å². The Hall–Kier alpha value is -3.18. The first kappa shape index (κ1) is 20.6. The van der Waals surface area contributed by atoms with Gasteiger partial charge in [-0.25, -0.2) is 0 Å². The van der Waals surface area contributed by atoms with Crippen molar-refractivity contribution in [2.45, 2.75) is 24.9 Å². The molecule has 5 heteroatoms. The predicted molar refractivity (Wildman–Crippen MR) is 116 cm³/mol. The average Bonchev–Trinajstić information content (AvgIpc) is 2.76. The lowest BCUT2D eigenvalue weighted by molar-refractivity contribution is -0.139. The summed E-state index contributed by atoms with van der Waals surface area (Å²) in [6, 6.07) is 22.5. The standard InChI is InChI=1S/C24H27N3O2/c1-26-23(28)22(16-17-8-4-3-5-9-17)27(2)24(29)21(25)15-18-12-13-19-10-6-7-11-20(19)14-18/h3-14,21-22H,15-16,25H2,1-2H3,(H,26,28)/t21-,22-/m1/s1. The zero-order valence-corrected chi connectivity index (χ0v) is 16.8. The predicted octanol–water partition coefficient (Wildman–Crippen LogP) is 2.53. The summed E-state index contributed by atoms with van der Waals surface area (Å²) in [5, 5.41) is 4.92. The van der Waals surface area contributed by atoms with Gasteiger partial charge in [0.25, 0.3) is 0 Å². The van der Waals surface area contributed by atoms with E-state index in [9.17, 15) is 9.59 Å². The van der Waals surface area contributed by atoms with Crippen molar-refractivity contribution < 1.29 is 9.59 Å². The Morgan fingerprint density at radius 1 is 0.897 bits per heavy atom. The first-order chi connectivity index (χ1) is 14.0. The van der Waals surface area contributed by atoms with Gasteiger partial charge >= 0.3 is 0 Å². The Balaban J connectivity index is 1.73. The maximum atomic E-state index is 13.0. The Bertz CT molecular complexity index is 988. The molecule has 0 heterocycles. The molecule has 0 aromatic heterocycles. The molecule has 0 aliphatic carbocycles. The molecule has 0 spiro atoms. The van der Waals surface area contributed by atoms with Crippen LogP contribution in [-0.2, 0) is 22.4 Å². The van der Waals surface area contributed by atoms with Gasteiger partial charge in [0, 0.05) is 20.5 Å². The van der Waals surface area contributed by atoms with Crippen molar-refractivity contribution in [2.24, 2.45) is 5.73 Å². The van der Waals surface area contributed by atoms with Gasteiger partial charge in [0.2, 0.25) is 11.8 Å². The van der Waals surface area contributed by atoms with Crippen LogP contribution in [0.2, 0.25) is 0 Å². The van der Waals surface area contributed by atoms with Gasteiger partial charge in [-0.3, -0.25) is 9.59 Å². The molecule has 29 heavy (non-hydrogen) atoms. The van der Waals surface area contributed by atoms with Crippen LogP contribution in [0.4, 0.5) is 0 Å². The summed E-state index contributed by atoms with van der Waals surface area (Å²) in [6.07, 6.45) is 0.852. The highest BCUT2D eigenvalue weighted by molar-refractivity contribution is 5.90. The lowest BCUT2D eigenvalue weighted by atomic mass is 10.00. The average molecular weight is 389 g/mol. The molecular weight excluding hydrogens is 362 g/mol. The number of fused-ring (bicyclic) bond motifs is 1. The molecule has 0 bridgehead atoms. The van der Waals surface area contributed by atoms with Gasteiger partial charge in [-0.05, 0) is 28.3 Å². The highest BCUT2D eigenvalue weighted by Crippen LogP contribution is 2.17. The molecular formula is C24H27N3O2. The van der Waals surface area contributed by atoms with Gasteiger partial charge in [-0.1, -0.05) is 72.8 Å². The minimum Gasteiger partial charge on any atom is -0.357 e. The second kappa shape index (κ2) is 9.34. The summed E-state index contributed by atoms with van der Waals surface area (Å²) in [7, 11) is 3.22. The molecule has 3 rings (SSSR count). The van der Waals surface area contributed by atoms with E-state index in [4.69, 9.17) is 5.73 Å². The molecule has 150 valence electrons. The first-order valence-electron chi connectivity index (χ1n) is 9.75. The minimum atomic E-state index is -0.718. The number of likely N-dealkylation sites (N-methyl/N-ethyl adjacent to an activating group) is 2. The molecule has 0 aliphatic heterocycles. The zero-order valence-electron chi connectivity index (χ0n) is 16.8. The summed E-state index contributed by atoms with van der Waals surface area (Å²) in [5.74, 6) is -0.453. The van der Waals surface area contributed by atoms with Gasteiger partial charge in [-0.15, -0.1) is 0 Å². The molecule has 2 atom stereocenters. The second-order valence-corrected chi connectivity index (χ2v) is 7.26. The number of nitrogens with two attached hydrogens (primary N) is 1. The summed E-state index contributed by atoms with van der Waals surface area (Å²) >= 11 is 0. The van der Waals surface area contributed by atoms with Crippen LogP contribution in [0.5, 0.6) is 0 Å². The lowest BCUT2D eigenvalue weighted by Gasteiger charge is -2.29. The number of hydrogen-bond acceptors (Lipinski definition) is 3. The normalized spacial score (nSPS) is 12.9. The first-order valence-corrected chi connectivity index (χ1v) is 9.75. The molecule has 2 amide bonds. The van der Waals surface area contributed by atoms with Crippen molar-refractivity contribution in [3.8, 4) is 0 Å². The summed E-state index contributed by atoms with van der Waals surface area (Å²) in [4.78, 5) is 26.9. The van der Waals surface area contributed by atoms with E-state index in [0.717, 1.165) is 21.9 Å². The third kappa shape index (κ3) is 5.00. The number of benzene rings is 3. The number of hydrogen-bond donors (Lipinski definition) is 2. The topological polar surface area (TPSA) is 75.4 Å². The summed E-state index contributed by atoms with van der Waals surface area (Å²) in [6.45, 7) is 0. The van der Waals surface area contributed by atoms with E-state index < -0.39 is 12.1 Å². The summed E-state index contributed by atoms with van der Waals surface area (Å²) in [5.41, 5.74) is 8.23. The van der Waals surface area contributed by atoms with Crippen LogP contribution in [-0.4, -0.2) is 42.9 Å². The maximum absolute atomic E-state index is 13.0. The van der Waals surface area contributed by atoms with Crippen molar-refractivity contribution in [1.29, 1.82) is 0 Å². The van der Waals surface area contributed by atoms with Gasteiger partial charge in [0.1, 0.15) is 6.04 Å². The van der Waals surface area contributed by atoms with E-state index in [0.29, 0.717) is 12.8 Å². The van der Waals surface area contributed by atoms with Crippen LogP contribution in [0.25, 0.3) is 10.8 Å². The van der Waals surface area contributed by atoms with E-state index in [1.54, 1.807) is 14.1 Å². The molecule has 0 saturated carbocycles. The van der Waals surface area contributed by atoms with E-state index >= 15 is 0 Å². The Morgan fingerprint density at radius 2 is 1.55 bits per heavy atom. The van der Waals surface area contributed by atoms with Gasteiger partial charge in [-0.2, -0.15) is 0 Å². The second-order valence-electron chi connectivity index (χ2n) is 7.26. The highest BCUT2D eigenvalue weighted by atomic mass is 16.2. The van der Waals surface area contributed by atoms with Crippen LogP contribution in [0, 0.1) is 0 Å². The van der Waals surface area contributed by atoms with Crippen molar-refractivity contribution >= 4 is 22.6 Å². The molecule has 0 radical (unpaired) electrons. The van der Waals surface area contributed by atoms with Crippen molar-refractivity contribution in [3.05, 3.63) is 83.9 Å². The SMILES string of the molecule is CNC(=O)[C@@H](Cc1ccccc1)N(C)C(=O)[C@H](N)Cc1ccc2ccccc2c1. The molecule has 0 unspecified atom stereocenters. The quantitative estimate of drug-likeness (QED) is 0.652. The Kier molecular flexibility index (Phi) is 6.62. The van der Waals surface area contributed by atoms with Gasteiger partial charge in [0.15, 0.2) is 0 Å². The van der Waals surface area contributed by atoms with Crippen LogP contribution in [0.15, 0.2) is 72.8 Å². The molecule has 0 saturated heterocycles. The van der Waals surface area contributed by atoms with Crippen molar-refractivity contribution in [1.82, 2.24) is 10.2 Å². The number of nitrogens with one attached hydrogen (secondary N) is 1. The van der Waals surface area contributed by atoms with Crippen LogP contribution < -0.4 is 11.1 Å². The fourth-order valence-electron chi connectivity index (χ4n) is 3.53. The zero-order chi connectivity index (χ0) is 20.8. The third-order valence-corrected chi connectivity index (χ3v) is 5.22. The van der Waals surface area contributed by atoms with Crippen LogP contribution in [0.3, 0.4) is 0 Å². The number of amides is 2. The van der Waals surface area contributed by atoms with E-state index in [2.05, 4.69) is 17.4 Å². The van der Waals surface area contributed by atoms with Crippen molar-refractivity contribution in [2.75, 3.05) is 14.1 Å². The lowest BCUT2D eigenvalue weighted by Crippen LogP contribution is -2.53. The van der Waals surface area contributed by atoms with Gasteiger partial charge in [0.05, 0.1) is 6.04 Å². The monoisotopic (exact) mass is 389 g/mol. The molecule has 5 nitrogen and oxygen atoms in total. The molecule has 0 aliphatic rings. The number of nitrogens with zero attached hydrogens (tertiary/aromatic N) is 1. The van der Waals surface area contributed by atoms with E-state index in [1.165, 1.54) is 4.90 Å². The number of carbonyl (C=O) groups excluding carboxylic acids is 2. The molecule has 3 aromatic rings. The van der Waals surface area contributed by atoms with Crippen molar-refractivity contribution in [3.63, 3.8) is 0 Å². The largest absolute Gasteiger partial charge is 0.357 e. The molecule has 3 N–H and O–H groups in total. The summed E-state index contributed by atoms with van der Waals surface area (Å²) < 4.78 is 0. The number of carbonyl (C=O) groups is 2. The number of rotatable bonds is 7. The molecule has 3 aromatic carbocycles. The highest BCUT2D eigenvalue weighted by Gasteiger charge is 2.29. The fourth-order valence-corrected chi connectivity index (χ4v) is 3.53.